The molecule has 1 unspecified atom stereocenters. The molecule has 0 saturated heterocycles. The van der Waals surface area contributed by atoms with Gasteiger partial charge in [-0.15, -0.1) is 11.3 Å². The summed E-state index contributed by atoms with van der Waals surface area (Å²) < 4.78 is 5.36. The standard InChI is InChI=1S/C14H15NO2S/c1-17-11-7-3-2-5-9(11)14-15-13-10(16)6-4-8-12(13)18-14/h2-3,5,7,10,16H,4,6,8H2,1H3. The molecule has 0 amide bonds. The molecule has 18 heavy (non-hydrogen) atoms. The third-order valence-corrected chi connectivity index (χ3v) is 4.43. The minimum absolute atomic E-state index is 0.395. The van der Waals surface area contributed by atoms with Crippen LogP contribution in [0.15, 0.2) is 24.3 Å². The molecule has 4 heteroatoms. The van der Waals surface area contributed by atoms with Crippen molar-refractivity contribution in [3.8, 4) is 16.3 Å². The number of aryl methyl sites for hydroxylation is 1. The molecule has 0 aliphatic heterocycles. The van der Waals surface area contributed by atoms with Crippen molar-refractivity contribution in [1.29, 1.82) is 0 Å². The van der Waals surface area contributed by atoms with Crippen molar-refractivity contribution >= 4 is 11.3 Å². The van der Waals surface area contributed by atoms with Crippen LogP contribution in [0.25, 0.3) is 10.6 Å². The fraction of sp³-hybridized carbons (Fsp3) is 0.357. The Morgan fingerprint density at radius 2 is 2.22 bits per heavy atom. The number of nitrogens with zero attached hydrogens (tertiary/aromatic N) is 1. The van der Waals surface area contributed by atoms with Crippen molar-refractivity contribution < 1.29 is 9.84 Å². The van der Waals surface area contributed by atoms with E-state index in [9.17, 15) is 5.11 Å². The zero-order valence-corrected chi connectivity index (χ0v) is 11.0. The fourth-order valence-corrected chi connectivity index (χ4v) is 3.52. The highest BCUT2D eigenvalue weighted by Gasteiger charge is 2.23. The van der Waals surface area contributed by atoms with E-state index in [0.29, 0.717) is 0 Å². The van der Waals surface area contributed by atoms with Gasteiger partial charge >= 0.3 is 0 Å². The highest BCUT2D eigenvalue weighted by Crippen LogP contribution is 2.39. The van der Waals surface area contributed by atoms with E-state index in [-0.39, 0.29) is 0 Å². The van der Waals surface area contributed by atoms with E-state index in [2.05, 4.69) is 4.98 Å². The summed E-state index contributed by atoms with van der Waals surface area (Å²) in [6, 6.07) is 7.88. The second kappa shape index (κ2) is 4.71. The van der Waals surface area contributed by atoms with Gasteiger partial charge in [0.25, 0.3) is 0 Å². The molecule has 1 aromatic heterocycles. The first kappa shape index (κ1) is 11.7. The number of hydrogen-bond donors (Lipinski definition) is 1. The summed E-state index contributed by atoms with van der Waals surface area (Å²) in [4.78, 5) is 5.82. The molecule has 1 aromatic carbocycles. The Hall–Kier alpha value is -1.39. The summed E-state index contributed by atoms with van der Waals surface area (Å²) in [6.07, 6.45) is 2.50. The Labute approximate surface area is 110 Å². The van der Waals surface area contributed by atoms with Crippen molar-refractivity contribution in [2.24, 2.45) is 0 Å². The highest BCUT2D eigenvalue weighted by molar-refractivity contribution is 7.15. The number of methoxy groups -OCH3 is 1. The summed E-state index contributed by atoms with van der Waals surface area (Å²) in [5.74, 6) is 0.832. The SMILES string of the molecule is COc1ccccc1-c1nc2c(s1)CCCC2O. The van der Waals surface area contributed by atoms with Crippen LogP contribution in [0.2, 0.25) is 0 Å². The van der Waals surface area contributed by atoms with Crippen LogP contribution in [0.4, 0.5) is 0 Å². The number of rotatable bonds is 2. The number of thiazole rings is 1. The maximum absolute atomic E-state index is 9.96. The van der Waals surface area contributed by atoms with Crippen LogP contribution < -0.4 is 4.74 Å². The number of ether oxygens (including phenoxy) is 1. The number of aliphatic hydroxyl groups excluding tert-OH is 1. The van der Waals surface area contributed by atoms with Crippen LogP contribution in [-0.2, 0) is 6.42 Å². The van der Waals surface area contributed by atoms with Crippen LogP contribution in [0.3, 0.4) is 0 Å². The monoisotopic (exact) mass is 261 g/mol. The van der Waals surface area contributed by atoms with E-state index in [1.54, 1.807) is 18.4 Å². The Kier molecular flexibility index (Phi) is 3.06. The number of hydrogen-bond acceptors (Lipinski definition) is 4. The van der Waals surface area contributed by atoms with Crippen LogP contribution in [-0.4, -0.2) is 17.2 Å². The van der Waals surface area contributed by atoms with Gasteiger partial charge in [0, 0.05) is 4.88 Å². The lowest BCUT2D eigenvalue weighted by Crippen LogP contribution is -2.07. The maximum atomic E-state index is 9.96. The van der Waals surface area contributed by atoms with Gasteiger partial charge in [0.2, 0.25) is 0 Å². The van der Waals surface area contributed by atoms with Gasteiger partial charge in [0.15, 0.2) is 0 Å². The average molecular weight is 261 g/mol. The molecular weight excluding hydrogens is 246 g/mol. The van der Waals surface area contributed by atoms with Crippen molar-refractivity contribution in [1.82, 2.24) is 4.98 Å². The Morgan fingerprint density at radius 3 is 3.00 bits per heavy atom. The van der Waals surface area contributed by atoms with Crippen molar-refractivity contribution in [2.45, 2.75) is 25.4 Å². The lowest BCUT2D eigenvalue weighted by atomic mass is 10.0. The molecular formula is C14H15NO2S. The first-order valence-electron chi connectivity index (χ1n) is 6.10. The number of fused-ring (bicyclic) bond motifs is 1. The van der Waals surface area contributed by atoms with Crippen LogP contribution in [0.1, 0.15) is 29.5 Å². The second-order valence-electron chi connectivity index (χ2n) is 4.44. The van der Waals surface area contributed by atoms with E-state index in [0.717, 1.165) is 41.3 Å². The van der Waals surface area contributed by atoms with Gasteiger partial charge in [-0.25, -0.2) is 4.98 Å². The van der Waals surface area contributed by atoms with Crippen molar-refractivity contribution in [2.75, 3.05) is 7.11 Å². The molecule has 0 radical (unpaired) electrons. The van der Waals surface area contributed by atoms with E-state index in [1.807, 2.05) is 24.3 Å². The molecule has 1 N–H and O–H groups in total. The second-order valence-corrected chi connectivity index (χ2v) is 5.52. The molecule has 1 heterocycles. The summed E-state index contributed by atoms with van der Waals surface area (Å²) in [6.45, 7) is 0. The maximum Gasteiger partial charge on any atom is 0.129 e. The van der Waals surface area contributed by atoms with Gasteiger partial charge in [0.1, 0.15) is 10.8 Å². The molecule has 0 fully saturated rings. The molecule has 0 spiro atoms. The molecule has 3 nitrogen and oxygen atoms in total. The van der Waals surface area contributed by atoms with Crippen molar-refractivity contribution in [3.63, 3.8) is 0 Å². The lowest BCUT2D eigenvalue weighted by molar-refractivity contribution is 0.153. The predicted octanol–water partition coefficient (Wildman–Crippen LogP) is 3.19. The third-order valence-electron chi connectivity index (χ3n) is 3.26. The van der Waals surface area contributed by atoms with Crippen LogP contribution in [0, 0.1) is 0 Å². The van der Waals surface area contributed by atoms with E-state index >= 15 is 0 Å². The molecule has 1 aliphatic carbocycles. The predicted molar refractivity (Wildman–Crippen MR) is 72.0 cm³/mol. The molecule has 0 saturated carbocycles. The van der Waals surface area contributed by atoms with E-state index in [4.69, 9.17) is 4.74 Å². The Balaban J connectivity index is 2.07. The minimum Gasteiger partial charge on any atom is -0.496 e. The largest absolute Gasteiger partial charge is 0.496 e. The molecule has 1 atom stereocenters. The fourth-order valence-electron chi connectivity index (χ4n) is 2.33. The van der Waals surface area contributed by atoms with E-state index < -0.39 is 6.10 Å². The zero-order valence-electron chi connectivity index (χ0n) is 10.2. The number of aromatic nitrogens is 1. The van der Waals surface area contributed by atoms with Crippen molar-refractivity contribution in [3.05, 3.63) is 34.8 Å². The van der Waals surface area contributed by atoms with Gasteiger partial charge in [-0.1, -0.05) is 12.1 Å². The van der Waals surface area contributed by atoms with Gasteiger partial charge < -0.3 is 9.84 Å². The summed E-state index contributed by atoms with van der Waals surface area (Å²) >= 11 is 1.67. The van der Waals surface area contributed by atoms with Crippen LogP contribution >= 0.6 is 11.3 Å². The normalized spacial score (nSPS) is 18.4. The Morgan fingerprint density at radius 1 is 1.39 bits per heavy atom. The molecule has 0 bridgehead atoms. The minimum atomic E-state index is -0.395. The summed E-state index contributed by atoms with van der Waals surface area (Å²) in [7, 11) is 1.67. The van der Waals surface area contributed by atoms with Crippen LogP contribution in [0.5, 0.6) is 5.75 Å². The first-order valence-corrected chi connectivity index (χ1v) is 6.92. The van der Waals surface area contributed by atoms with Gasteiger partial charge in [-0.2, -0.15) is 0 Å². The molecule has 94 valence electrons. The molecule has 1 aliphatic rings. The lowest BCUT2D eigenvalue weighted by Gasteiger charge is -2.14. The zero-order chi connectivity index (χ0) is 12.5. The van der Waals surface area contributed by atoms with Gasteiger partial charge in [-0.05, 0) is 31.4 Å². The smallest absolute Gasteiger partial charge is 0.129 e. The third kappa shape index (κ3) is 1.91. The number of para-hydroxylation sites is 1. The number of aliphatic hydroxyl groups is 1. The number of benzene rings is 1. The molecule has 2 aromatic rings. The Bertz CT molecular complexity index is 565. The van der Waals surface area contributed by atoms with Gasteiger partial charge in [0.05, 0.1) is 24.5 Å². The first-order chi connectivity index (χ1) is 8.79. The topological polar surface area (TPSA) is 42.4 Å². The highest BCUT2D eigenvalue weighted by atomic mass is 32.1. The quantitative estimate of drug-likeness (QED) is 0.902. The summed E-state index contributed by atoms with van der Waals surface area (Å²) in [5.41, 5.74) is 1.87. The van der Waals surface area contributed by atoms with Gasteiger partial charge in [-0.3, -0.25) is 0 Å². The summed E-state index contributed by atoms with van der Waals surface area (Å²) in [5, 5.41) is 10.9. The van der Waals surface area contributed by atoms with E-state index in [1.165, 1.54) is 4.88 Å². The molecule has 3 rings (SSSR count). The average Bonchev–Trinajstić information content (AvgIpc) is 2.84.